The zero-order valence-electron chi connectivity index (χ0n) is 12.5. The number of benzene rings is 1. The van der Waals surface area contributed by atoms with Gasteiger partial charge in [0.2, 0.25) is 0 Å². The summed E-state index contributed by atoms with van der Waals surface area (Å²) in [7, 11) is 1.68. The fourth-order valence-electron chi connectivity index (χ4n) is 2.87. The van der Waals surface area contributed by atoms with Gasteiger partial charge in [-0.25, -0.2) is 0 Å². The molecule has 0 bridgehead atoms. The Labute approximate surface area is 124 Å². The van der Waals surface area contributed by atoms with Crippen LogP contribution in [0, 0.1) is 16.0 Å². The zero-order chi connectivity index (χ0) is 15.4. The highest BCUT2D eigenvalue weighted by Crippen LogP contribution is 2.33. The second-order valence-electron chi connectivity index (χ2n) is 5.59. The van der Waals surface area contributed by atoms with Crippen molar-refractivity contribution < 1.29 is 14.8 Å². The third-order valence-electron chi connectivity index (χ3n) is 3.94. The average Bonchev–Trinajstić information content (AvgIpc) is 2.47. The molecule has 1 heterocycles. The molecule has 2 atom stereocenters. The second-order valence-corrected chi connectivity index (χ2v) is 5.59. The lowest BCUT2D eigenvalue weighted by Gasteiger charge is -2.33. The normalized spacial score (nSPS) is 20.3. The summed E-state index contributed by atoms with van der Waals surface area (Å²) in [4.78, 5) is 13.0. The number of nitro benzene ring substituents is 1. The van der Waals surface area contributed by atoms with Gasteiger partial charge in [0.1, 0.15) is 5.69 Å². The highest BCUT2D eigenvalue weighted by atomic mass is 16.6. The molecule has 6 heteroatoms. The summed E-state index contributed by atoms with van der Waals surface area (Å²) in [6, 6.07) is 4.97. The first-order chi connectivity index (χ1) is 10.0. The van der Waals surface area contributed by atoms with E-state index < -0.39 is 6.10 Å². The van der Waals surface area contributed by atoms with Crippen molar-refractivity contribution in [3.63, 3.8) is 0 Å². The molecule has 0 radical (unpaired) electrons. The molecule has 0 aromatic heterocycles. The number of nitrogens with zero attached hydrogens (tertiary/aromatic N) is 2. The number of anilines is 1. The fraction of sp³-hybridized carbons (Fsp3) is 0.600. The lowest BCUT2D eigenvalue weighted by molar-refractivity contribution is -0.384. The first kappa shape index (κ1) is 15.7. The number of nitro groups is 1. The van der Waals surface area contributed by atoms with E-state index in [1.54, 1.807) is 26.2 Å². The molecule has 21 heavy (non-hydrogen) atoms. The van der Waals surface area contributed by atoms with E-state index in [-0.39, 0.29) is 10.6 Å². The van der Waals surface area contributed by atoms with Crippen molar-refractivity contribution in [1.29, 1.82) is 0 Å². The molecular formula is C15H22N2O4. The standard InChI is InChI=1S/C15H22N2O4/c1-11(18)13-5-6-14(15(8-13)17(19)20)16-7-3-4-12(9-16)10-21-2/h5-6,8,11-12,18H,3-4,7,9-10H2,1-2H3. The van der Waals surface area contributed by atoms with Crippen LogP contribution >= 0.6 is 0 Å². The topological polar surface area (TPSA) is 75.8 Å². The first-order valence-electron chi connectivity index (χ1n) is 7.23. The van der Waals surface area contributed by atoms with Crippen LogP contribution in [0.1, 0.15) is 31.4 Å². The number of piperidine rings is 1. The Morgan fingerprint density at radius 3 is 2.95 bits per heavy atom. The van der Waals surface area contributed by atoms with Gasteiger partial charge in [-0.1, -0.05) is 6.07 Å². The quantitative estimate of drug-likeness (QED) is 0.667. The van der Waals surface area contributed by atoms with Crippen LogP contribution in [-0.2, 0) is 4.74 Å². The van der Waals surface area contributed by atoms with Crippen molar-refractivity contribution in [2.45, 2.75) is 25.9 Å². The molecule has 1 saturated heterocycles. The summed E-state index contributed by atoms with van der Waals surface area (Å²) in [6.07, 6.45) is 1.38. The Morgan fingerprint density at radius 2 is 2.33 bits per heavy atom. The molecule has 0 spiro atoms. The van der Waals surface area contributed by atoms with Gasteiger partial charge in [0.05, 0.1) is 17.6 Å². The largest absolute Gasteiger partial charge is 0.389 e. The molecule has 2 rings (SSSR count). The molecule has 1 aliphatic rings. The Balaban J connectivity index is 2.27. The number of methoxy groups -OCH3 is 1. The third kappa shape index (κ3) is 3.71. The van der Waals surface area contributed by atoms with Crippen LogP contribution in [0.2, 0.25) is 0 Å². The molecule has 1 N–H and O–H groups in total. The lowest BCUT2D eigenvalue weighted by Crippen LogP contribution is -2.37. The number of rotatable bonds is 5. The van der Waals surface area contributed by atoms with Gasteiger partial charge in [0.25, 0.3) is 5.69 Å². The highest BCUT2D eigenvalue weighted by Gasteiger charge is 2.26. The van der Waals surface area contributed by atoms with Crippen molar-refractivity contribution in [1.82, 2.24) is 0 Å². The first-order valence-corrected chi connectivity index (χ1v) is 7.23. The summed E-state index contributed by atoms with van der Waals surface area (Å²) in [5.74, 6) is 0.403. The van der Waals surface area contributed by atoms with Crippen LogP contribution in [0.3, 0.4) is 0 Å². The lowest BCUT2D eigenvalue weighted by atomic mass is 9.97. The summed E-state index contributed by atoms with van der Waals surface area (Å²) in [6.45, 7) is 3.86. The van der Waals surface area contributed by atoms with Crippen LogP contribution in [0.15, 0.2) is 18.2 Å². The smallest absolute Gasteiger partial charge is 0.292 e. The van der Waals surface area contributed by atoms with E-state index in [0.29, 0.717) is 23.8 Å². The van der Waals surface area contributed by atoms with Gasteiger partial charge in [-0.15, -0.1) is 0 Å². The van der Waals surface area contributed by atoms with Crippen LogP contribution in [0.25, 0.3) is 0 Å². The Kier molecular flexibility index (Phi) is 5.14. The number of hydrogen-bond acceptors (Lipinski definition) is 5. The molecule has 0 aliphatic carbocycles. The Hall–Kier alpha value is -1.66. The monoisotopic (exact) mass is 294 g/mol. The van der Waals surface area contributed by atoms with E-state index in [1.165, 1.54) is 6.07 Å². The van der Waals surface area contributed by atoms with Gasteiger partial charge >= 0.3 is 0 Å². The predicted octanol–water partition coefficient (Wildman–Crippen LogP) is 2.51. The minimum atomic E-state index is -0.708. The van der Waals surface area contributed by atoms with Crippen molar-refractivity contribution in [2.24, 2.45) is 5.92 Å². The van der Waals surface area contributed by atoms with Crippen LogP contribution in [-0.4, -0.2) is 36.8 Å². The number of aliphatic hydroxyl groups excluding tert-OH is 1. The average molecular weight is 294 g/mol. The van der Waals surface area contributed by atoms with Crippen molar-refractivity contribution in [3.8, 4) is 0 Å². The molecule has 1 fully saturated rings. The Morgan fingerprint density at radius 1 is 1.57 bits per heavy atom. The van der Waals surface area contributed by atoms with Crippen molar-refractivity contribution in [2.75, 3.05) is 31.7 Å². The van der Waals surface area contributed by atoms with Crippen LogP contribution < -0.4 is 4.90 Å². The molecule has 2 unspecified atom stereocenters. The number of aliphatic hydroxyl groups is 1. The van der Waals surface area contributed by atoms with Crippen molar-refractivity contribution >= 4 is 11.4 Å². The molecular weight excluding hydrogens is 272 g/mol. The maximum atomic E-state index is 11.3. The SMILES string of the molecule is COCC1CCCN(c2ccc(C(C)O)cc2[N+](=O)[O-])C1. The molecule has 1 aromatic carbocycles. The third-order valence-corrected chi connectivity index (χ3v) is 3.94. The van der Waals surface area contributed by atoms with E-state index in [0.717, 1.165) is 25.9 Å². The van der Waals surface area contributed by atoms with E-state index >= 15 is 0 Å². The summed E-state index contributed by atoms with van der Waals surface area (Å²) in [5.41, 5.74) is 1.26. The van der Waals surface area contributed by atoms with Crippen LogP contribution in [0.4, 0.5) is 11.4 Å². The zero-order valence-corrected chi connectivity index (χ0v) is 12.5. The fourth-order valence-corrected chi connectivity index (χ4v) is 2.87. The molecule has 116 valence electrons. The predicted molar refractivity (Wildman–Crippen MR) is 80.5 cm³/mol. The maximum absolute atomic E-state index is 11.3. The number of hydrogen-bond donors (Lipinski definition) is 1. The van der Waals surface area contributed by atoms with Gasteiger partial charge in [-0.2, -0.15) is 0 Å². The molecule has 6 nitrogen and oxygen atoms in total. The van der Waals surface area contributed by atoms with Gasteiger partial charge in [-0.3, -0.25) is 10.1 Å². The minimum Gasteiger partial charge on any atom is -0.389 e. The second kappa shape index (κ2) is 6.87. The highest BCUT2D eigenvalue weighted by molar-refractivity contribution is 5.64. The summed E-state index contributed by atoms with van der Waals surface area (Å²) < 4.78 is 5.20. The van der Waals surface area contributed by atoms with Crippen LogP contribution in [0.5, 0.6) is 0 Å². The Bertz CT molecular complexity index is 502. The van der Waals surface area contributed by atoms with Gasteiger partial charge in [-0.05, 0) is 37.3 Å². The van der Waals surface area contributed by atoms with Gasteiger partial charge in [0, 0.05) is 26.3 Å². The summed E-state index contributed by atoms with van der Waals surface area (Å²) >= 11 is 0. The summed E-state index contributed by atoms with van der Waals surface area (Å²) in [5, 5.41) is 20.9. The number of ether oxygens (including phenoxy) is 1. The van der Waals surface area contributed by atoms with Gasteiger partial charge in [0.15, 0.2) is 0 Å². The van der Waals surface area contributed by atoms with Gasteiger partial charge < -0.3 is 14.7 Å². The minimum absolute atomic E-state index is 0.0615. The van der Waals surface area contributed by atoms with E-state index in [4.69, 9.17) is 4.74 Å². The molecule has 0 amide bonds. The van der Waals surface area contributed by atoms with E-state index in [9.17, 15) is 15.2 Å². The molecule has 1 aromatic rings. The van der Waals surface area contributed by atoms with E-state index in [2.05, 4.69) is 4.90 Å². The molecule has 1 aliphatic heterocycles. The molecule has 0 saturated carbocycles. The van der Waals surface area contributed by atoms with E-state index in [1.807, 2.05) is 0 Å². The maximum Gasteiger partial charge on any atom is 0.292 e. The van der Waals surface area contributed by atoms with Crippen molar-refractivity contribution in [3.05, 3.63) is 33.9 Å².